The number of nitrogens with one attached hydrogen (secondary N) is 1. The van der Waals surface area contributed by atoms with Crippen molar-refractivity contribution in [3.05, 3.63) is 59.5 Å². The number of benzene rings is 1. The Morgan fingerprint density at radius 3 is 2.71 bits per heavy atom. The average molecular weight is 375 g/mol. The van der Waals surface area contributed by atoms with E-state index in [1.54, 1.807) is 12.4 Å². The molecule has 1 amide bonds. The van der Waals surface area contributed by atoms with E-state index in [4.69, 9.17) is 0 Å². The second-order valence-corrected chi connectivity index (χ2v) is 7.50. The van der Waals surface area contributed by atoms with E-state index in [0.717, 1.165) is 37.1 Å². The first-order chi connectivity index (χ1) is 13.6. The van der Waals surface area contributed by atoms with E-state index in [0.29, 0.717) is 12.2 Å². The van der Waals surface area contributed by atoms with E-state index in [2.05, 4.69) is 57.2 Å². The molecule has 0 atom stereocenters. The molecule has 3 aromatic rings. The van der Waals surface area contributed by atoms with Crippen LogP contribution in [0.15, 0.2) is 42.9 Å². The zero-order valence-electron chi connectivity index (χ0n) is 16.4. The maximum Gasteiger partial charge on any atom is 0.223 e. The maximum absolute atomic E-state index is 12.6. The molecule has 1 fully saturated rings. The minimum atomic E-state index is 0.0644. The summed E-state index contributed by atoms with van der Waals surface area (Å²) in [5.74, 6) is 0.220. The predicted octanol–water partition coefficient (Wildman–Crippen LogP) is 3.17. The maximum atomic E-state index is 12.6. The normalized spacial score (nSPS) is 15.0. The number of amides is 1. The van der Waals surface area contributed by atoms with Gasteiger partial charge in [-0.25, -0.2) is 9.97 Å². The lowest BCUT2D eigenvalue weighted by Gasteiger charge is -2.32. The van der Waals surface area contributed by atoms with Crippen LogP contribution in [0.1, 0.15) is 29.5 Å². The molecule has 1 saturated heterocycles. The SMILES string of the molecule is Cc1ccc(C)c(CNC(=O)C2CCN(c3cnc4nccnc4c3)CC2)c1. The smallest absolute Gasteiger partial charge is 0.223 e. The highest BCUT2D eigenvalue weighted by Crippen LogP contribution is 2.24. The highest BCUT2D eigenvalue weighted by atomic mass is 16.1. The number of rotatable bonds is 4. The Balaban J connectivity index is 1.34. The fourth-order valence-corrected chi connectivity index (χ4v) is 3.74. The standard InChI is InChI=1S/C22H25N5O/c1-15-3-4-16(2)18(11-15)13-26-22(28)17-5-9-27(10-6-17)19-12-20-21(25-14-19)24-8-7-23-20/h3-4,7-8,11-12,14,17H,5-6,9-10,13H2,1-2H3,(H,26,28). The van der Waals surface area contributed by atoms with Crippen molar-refractivity contribution in [3.63, 3.8) is 0 Å². The Bertz CT molecular complexity index is 995. The molecule has 2 aromatic heterocycles. The van der Waals surface area contributed by atoms with Crippen LogP contribution < -0.4 is 10.2 Å². The quantitative estimate of drug-likeness (QED) is 0.758. The molecule has 144 valence electrons. The van der Waals surface area contributed by atoms with Gasteiger partial charge < -0.3 is 10.2 Å². The summed E-state index contributed by atoms with van der Waals surface area (Å²) in [5, 5.41) is 3.13. The zero-order chi connectivity index (χ0) is 19.5. The molecule has 6 nitrogen and oxygen atoms in total. The average Bonchev–Trinajstić information content (AvgIpc) is 2.74. The number of anilines is 1. The van der Waals surface area contributed by atoms with Crippen LogP contribution in [0.2, 0.25) is 0 Å². The number of carbonyl (C=O) groups excluding carboxylic acids is 1. The first-order valence-corrected chi connectivity index (χ1v) is 9.76. The molecule has 3 heterocycles. The third-order valence-electron chi connectivity index (χ3n) is 5.50. The van der Waals surface area contributed by atoms with E-state index in [1.807, 2.05) is 12.3 Å². The Hall–Kier alpha value is -3.02. The lowest BCUT2D eigenvalue weighted by molar-refractivity contribution is -0.125. The van der Waals surface area contributed by atoms with Gasteiger partial charge in [0.1, 0.15) is 5.52 Å². The second kappa shape index (κ2) is 7.92. The fraction of sp³-hybridized carbons (Fsp3) is 0.364. The predicted molar refractivity (Wildman–Crippen MR) is 110 cm³/mol. The van der Waals surface area contributed by atoms with Crippen LogP contribution in [0.3, 0.4) is 0 Å². The van der Waals surface area contributed by atoms with Gasteiger partial charge in [0.15, 0.2) is 5.65 Å². The van der Waals surface area contributed by atoms with E-state index in [-0.39, 0.29) is 11.8 Å². The largest absolute Gasteiger partial charge is 0.370 e. The summed E-state index contributed by atoms with van der Waals surface area (Å²) in [4.78, 5) is 27.8. The Kier molecular flexibility index (Phi) is 5.19. The Labute approximate surface area is 165 Å². The highest BCUT2D eigenvalue weighted by Gasteiger charge is 2.25. The molecule has 0 radical (unpaired) electrons. The minimum Gasteiger partial charge on any atom is -0.370 e. The highest BCUT2D eigenvalue weighted by molar-refractivity contribution is 5.79. The first-order valence-electron chi connectivity index (χ1n) is 9.76. The minimum absolute atomic E-state index is 0.0644. The van der Waals surface area contributed by atoms with Crippen LogP contribution in [0.25, 0.3) is 11.2 Å². The van der Waals surface area contributed by atoms with Crippen LogP contribution in [0.5, 0.6) is 0 Å². The molecule has 0 aliphatic carbocycles. The zero-order valence-corrected chi connectivity index (χ0v) is 16.4. The monoisotopic (exact) mass is 375 g/mol. The van der Waals surface area contributed by atoms with E-state index >= 15 is 0 Å². The van der Waals surface area contributed by atoms with Gasteiger partial charge in [0.05, 0.1) is 11.9 Å². The van der Waals surface area contributed by atoms with Crippen molar-refractivity contribution in [1.29, 1.82) is 0 Å². The van der Waals surface area contributed by atoms with Crippen molar-refractivity contribution in [2.45, 2.75) is 33.2 Å². The number of piperidine rings is 1. The van der Waals surface area contributed by atoms with Crippen molar-refractivity contribution in [2.24, 2.45) is 5.92 Å². The van der Waals surface area contributed by atoms with Gasteiger partial charge in [0.2, 0.25) is 5.91 Å². The van der Waals surface area contributed by atoms with Crippen LogP contribution in [-0.2, 0) is 11.3 Å². The van der Waals surface area contributed by atoms with Gasteiger partial charge in [-0.05, 0) is 43.9 Å². The van der Waals surface area contributed by atoms with Gasteiger partial charge in [-0.2, -0.15) is 0 Å². The van der Waals surface area contributed by atoms with E-state index in [1.165, 1.54) is 16.7 Å². The van der Waals surface area contributed by atoms with Crippen LogP contribution in [-0.4, -0.2) is 33.9 Å². The molecule has 4 rings (SSSR count). The topological polar surface area (TPSA) is 71.0 Å². The van der Waals surface area contributed by atoms with Gasteiger partial charge in [-0.1, -0.05) is 23.8 Å². The summed E-state index contributed by atoms with van der Waals surface area (Å²) in [5.41, 5.74) is 6.13. The third kappa shape index (κ3) is 3.96. The van der Waals surface area contributed by atoms with E-state index < -0.39 is 0 Å². The number of fused-ring (bicyclic) bond motifs is 1. The fourth-order valence-electron chi connectivity index (χ4n) is 3.74. The van der Waals surface area contributed by atoms with Gasteiger partial charge in [-0.15, -0.1) is 0 Å². The summed E-state index contributed by atoms with van der Waals surface area (Å²) in [6, 6.07) is 8.38. The number of hydrogen-bond acceptors (Lipinski definition) is 5. The van der Waals surface area contributed by atoms with Crippen molar-refractivity contribution in [3.8, 4) is 0 Å². The third-order valence-corrected chi connectivity index (χ3v) is 5.50. The molecule has 0 saturated carbocycles. The molecule has 0 spiro atoms. The van der Waals surface area contributed by atoms with Gasteiger partial charge >= 0.3 is 0 Å². The van der Waals surface area contributed by atoms with Gasteiger partial charge in [-0.3, -0.25) is 9.78 Å². The summed E-state index contributed by atoms with van der Waals surface area (Å²) in [6.45, 7) is 6.44. The molecule has 1 aliphatic rings. The number of hydrogen-bond donors (Lipinski definition) is 1. The first kappa shape index (κ1) is 18.3. The van der Waals surface area contributed by atoms with Crippen molar-refractivity contribution >= 4 is 22.8 Å². The molecule has 1 aromatic carbocycles. The molecule has 0 unspecified atom stereocenters. The lowest BCUT2D eigenvalue weighted by Crippen LogP contribution is -2.40. The van der Waals surface area contributed by atoms with Crippen molar-refractivity contribution in [1.82, 2.24) is 20.3 Å². The number of aromatic nitrogens is 3. The van der Waals surface area contributed by atoms with Crippen LogP contribution >= 0.6 is 0 Å². The van der Waals surface area contributed by atoms with Gasteiger partial charge in [0, 0.05) is 37.9 Å². The second-order valence-electron chi connectivity index (χ2n) is 7.50. The van der Waals surface area contributed by atoms with Crippen molar-refractivity contribution in [2.75, 3.05) is 18.0 Å². The van der Waals surface area contributed by atoms with Gasteiger partial charge in [0.25, 0.3) is 0 Å². The lowest BCUT2D eigenvalue weighted by atomic mass is 9.95. The van der Waals surface area contributed by atoms with E-state index in [9.17, 15) is 4.79 Å². The van der Waals surface area contributed by atoms with Crippen molar-refractivity contribution < 1.29 is 4.79 Å². The van der Waals surface area contributed by atoms with Crippen LogP contribution in [0.4, 0.5) is 5.69 Å². The van der Waals surface area contributed by atoms with Crippen LogP contribution in [0, 0.1) is 19.8 Å². The number of nitrogens with zero attached hydrogens (tertiary/aromatic N) is 4. The number of pyridine rings is 1. The molecule has 28 heavy (non-hydrogen) atoms. The Morgan fingerprint density at radius 1 is 1.11 bits per heavy atom. The Morgan fingerprint density at radius 2 is 1.89 bits per heavy atom. The summed E-state index contributed by atoms with van der Waals surface area (Å²) in [6.07, 6.45) is 6.86. The number of aryl methyl sites for hydroxylation is 2. The molecular formula is C22H25N5O. The molecular weight excluding hydrogens is 350 g/mol. The molecule has 1 aliphatic heterocycles. The summed E-state index contributed by atoms with van der Waals surface area (Å²) < 4.78 is 0. The molecule has 1 N–H and O–H groups in total. The molecule has 0 bridgehead atoms. The molecule has 6 heteroatoms. The number of carbonyl (C=O) groups is 1. The summed E-state index contributed by atoms with van der Waals surface area (Å²) >= 11 is 0. The summed E-state index contributed by atoms with van der Waals surface area (Å²) in [7, 11) is 0.